The van der Waals surface area contributed by atoms with E-state index in [2.05, 4.69) is 16.9 Å². The number of nitrogens with zero attached hydrogens (tertiary/aromatic N) is 2. The van der Waals surface area contributed by atoms with Gasteiger partial charge in [0, 0.05) is 13.1 Å². The third-order valence-electron chi connectivity index (χ3n) is 3.95. The predicted octanol–water partition coefficient (Wildman–Crippen LogP) is 1.38. The summed E-state index contributed by atoms with van der Waals surface area (Å²) in [5.41, 5.74) is 1.19. The number of para-hydroxylation sites is 1. The molecule has 1 aromatic carbocycles. The molecule has 1 fully saturated rings. The fraction of sp³-hybridized carbons (Fsp3) is 0.500. The number of hydrogen-bond donors (Lipinski definition) is 2. The zero-order valence-electron chi connectivity index (χ0n) is 11.1. The molecule has 0 radical (unpaired) electrons. The first-order chi connectivity index (χ1) is 9.15. The maximum Gasteiger partial charge on any atom is 0.326 e. The van der Waals surface area contributed by atoms with Crippen LogP contribution in [0, 0.1) is 5.92 Å². The van der Waals surface area contributed by atoms with Gasteiger partial charge in [-0.25, -0.2) is 4.79 Å². The van der Waals surface area contributed by atoms with Gasteiger partial charge in [0.25, 0.3) is 0 Å². The van der Waals surface area contributed by atoms with E-state index >= 15 is 0 Å². The summed E-state index contributed by atoms with van der Waals surface area (Å²) in [5, 5.41) is 9.77. The Balaban J connectivity index is 1.94. The van der Waals surface area contributed by atoms with E-state index < -0.39 is 0 Å². The number of nitrogens with one attached hydrogen (secondary N) is 1. The van der Waals surface area contributed by atoms with Gasteiger partial charge in [-0.2, -0.15) is 0 Å². The van der Waals surface area contributed by atoms with Crippen LogP contribution < -0.4 is 5.69 Å². The lowest BCUT2D eigenvalue weighted by molar-refractivity contribution is 0.194. The lowest BCUT2D eigenvalue weighted by Crippen LogP contribution is -2.35. The van der Waals surface area contributed by atoms with Gasteiger partial charge in [-0.15, -0.1) is 0 Å². The number of rotatable bonds is 2. The van der Waals surface area contributed by atoms with Crippen molar-refractivity contribution in [2.45, 2.75) is 19.4 Å². The minimum Gasteiger partial charge on any atom is -0.506 e. The molecule has 5 nitrogen and oxygen atoms in total. The van der Waals surface area contributed by atoms with Gasteiger partial charge in [0.15, 0.2) is 0 Å². The fourth-order valence-electron chi connectivity index (χ4n) is 3.03. The molecule has 1 aliphatic rings. The Kier molecular flexibility index (Phi) is 3.06. The van der Waals surface area contributed by atoms with Crippen molar-refractivity contribution >= 4 is 11.0 Å². The van der Waals surface area contributed by atoms with E-state index in [1.165, 1.54) is 6.42 Å². The highest BCUT2D eigenvalue weighted by molar-refractivity contribution is 5.81. The number of likely N-dealkylation sites (tertiary alicyclic amines) is 1. The first-order valence-electron chi connectivity index (χ1n) is 6.74. The molecule has 2 N–H and O–H groups in total. The molecule has 1 atom stereocenters. The summed E-state index contributed by atoms with van der Waals surface area (Å²) in [6.45, 7) is 2.88. The van der Waals surface area contributed by atoms with Crippen LogP contribution in [-0.2, 0) is 6.54 Å². The molecule has 1 unspecified atom stereocenters. The molecule has 1 saturated heterocycles. The second-order valence-electron chi connectivity index (χ2n) is 5.48. The molecule has 0 saturated carbocycles. The molecule has 0 aliphatic carbocycles. The minimum absolute atomic E-state index is 0.133. The topological polar surface area (TPSA) is 61.3 Å². The molecule has 3 rings (SSSR count). The highest BCUT2D eigenvalue weighted by atomic mass is 16.3. The predicted molar refractivity (Wildman–Crippen MR) is 74.4 cm³/mol. The number of imidazole rings is 1. The van der Waals surface area contributed by atoms with Crippen molar-refractivity contribution in [3.8, 4) is 5.75 Å². The van der Waals surface area contributed by atoms with Crippen LogP contribution in [0.3, 0.4) is 0 Å². The van der Waals surface area contributed by atoms with Crippen LogP contribution in [0.25, 0.3) is 11.0 Å². The van der Waals surface area contributed by atoms with Crippen LogP contribution >= 0.6 is 0 Å². The Morgan fingerprint density at radius 1 is 1.47 bits per heavy atom. The average Bonchev–Trinajstić information content (AvgIpc) is 2.69. The van der Waals surface area contributed by atoms with Crippen LogP contribution in [0.5, 0.6) is 5.75 Å². The van der Waals surface area contributed by atoms with Gasteiger partial charge >= 0.3 is 5.69 Å². The van der Waals surface area contributed by atoms with Crippen molar-refractivity contribution in [3.63, 3.8) is 0 Å². The molecule has 1 aromatic heterocycles. The van der Waals surface area contributed by atoms with Gasteiger partial charge in [0.05, 0.1) is 5.52 Å². The zero-order chi connectivity index (χ0) is 13.4. The smallest absolute Gasteiger partial charge is 0.326 e. The molecule has 2 heterocycles. The fourth-order valence-corrected chi connectivity index (χ4v) is 3.03. The summed E-state index contributed by atoms with van der Waals surface area (Å²) < 4.78 is 1.75. The number of aromatic amines is 1. The summed E-state index contributed by atoms with van der Waals surface area (Å²) in [5.74, 6) is 0.631. The highest BCUT2D eigenvalue weighted by Crippen LogP contribution is 2.23. The molecule has 0 bridgehead atoms. The van der Waals surface area contributed by atoms with Crippen molar-refractivity contribution in [2.75, 3.05) is 20.1 Å². The highest BCUT2D eigenvalue weighted by Gasteiger charge is 2.19. The van der Waals surface area contributed by atoms with Crippen LogP contribution in [0.1, 0.15) is 12.8 Å². The first-order valence-corrected chi connectivity index (χ1v) is 6.74. The summed E-state index contributed by atoms with van der Waals surface area (Å²) in [6, 6.07) is 5.24. The third-order valence-corrected chi connectivity index (χ3v) is 3.95. The molecule has 5 heteroatoms. The van der Waals surface area contributed by atoms with E-state index in [-0.39, 0.29) is 11.4 Å². The molecular weight excluding hydrogens is 242 g/mol. The summed E-state index contributed by atoms with van der Waals surface area (Å²) >= 11 is 0. The van der Waals surface area contributed by atoms with Crippen molar-refractivity contribution in [2.24, 2.45) is 5.92 Å². The van der Waals surface area contributed by atoms with Crippen molar-refractivity contribution < 1.29 is 5.11 Å². The maximum atomic E-state index is 12.0. The van der Waals surface area contributed by atoms with Crippen LogP contribution in [0.2, 0.25) is 0 Å². The molecule has 102 valence electrons. The van der Waals surface area contributed by atoms with Gasteiger partial charge in [0.1, 0.15) is 11.3 Å². The second-order valence-corrected chi connectivity index (χ2v) is 5.48. The van der Waals surface area contributed by atoms with Gasteiger partial charge in [-0.3, -0.25) is 4.57 Å². The van der Waals surface area contributed by atoms with Gasteiger partial charge in [-0.1, -0.05) is 6.07 Å². The number of aromatic nitrogens is 2. The summed E-state index contributed by atoms with van der Waals surface area (Å²) in [7, 11) is 2.12. The minimum atomic E-state index is -0.135. The number of piperidine rings is 1. The Labute approximate surface area is 111 Å². The number of fused-ring (bicyclic) bond motifs is 1. The number of aromatic hydroxyl groups is 1. The monoisotopic (exact) mass is 261 g/mol. The van der Waals surface area contributed by atoms with E-state index in [4.69, 9.17) is 0 Å². The van der Waals surface area contributed by atoms with Gasteiger partial charge in [-0.05, 0) is 44.5 Å². The number of phenols is 1. The largest absolute Gasteiger partial charge is 0.506 e. The van der Waals surface area contributed by atoms with E-state index in [1.54, 1.807) is 16.7 Å². The SMILES string of the molecule is CN1CCCC(Cn2c(=O)[nH]c3c(O)cccc32)C1. The molecular formula is C14H19N3O2. The Morgan fingerprint density at radius 3 is 3.11 bits per heavy atom. The van der Waals surface area contributed by atoms with Crippen LogP contribution in [0.4, 0.5) is 0 Å². The standard InChI is InChI=1S/C14H19N3O2/c1-16-7-3-4-10(8-16)9-17-11-5-2-6-12(18)13(11)15-14(17)19/h2,5-6,10,18H,3-4,7-9H2,1H3,(H,15,19). The average molecular weight is 261 g/mol. The lowest BCUT2D eigenvalue weighted by atomic mass is 9.98. The molecule has 0 amide bonds. The summed E-state index contributed by atoms with van der Waals surface area (Å²) in [6.07, 6.45) is 2.34. The Morgan fingerprint density at radius 2 is 2.32 bits per heavy atom. The number of phenolic OH excluding ortho intramolecular Hbond substituents is 1. The summed E-state index contributed by atoms with van der Waals surface area (Å²) in [4.78, 5) is 17.1. The van der Waals surface area contributed by atoms with E-state index in [0.29, 0.717) is 18.0 Å². The third kappa shape index (κ3) is 2.26. The molecule has 1 aliphatic heterocycles. The van der Waals surface area contributed by atoms with Gasteiger partial charge < -0.3 is 15.0 Å². The van der Waals surface area contributed by atoms with Crippen LogP contribution in [0.15, 0.2) is 23.0 Å². The maximum absolute atomic E-state index is 12.0. The lowest BCUT2D eigenvalue weighted by Gasteiger charge is -2.29. The number of H-pyrrole nitrogens is 1. The van der Waals surface area contributed by atoms with E-state index in [9.17, 15) is 9.90 Å². The van der Waals surface area contributed by atoms with E-state index in [1.807, 2.05) is 6.07 Å². The van der Waals surface area contributed by atoms with Crippen molar-refractivity contribution in [3.05, 3.63) is 28.7 Å². The molecule has 19 heavy (non-hydrogen) atoms. The second kappa shape index (κ2) is 4.74. The quantitative estimate of drug-likeness (QED) is 0.858. The van der Waals surface area contributed by atoms with Crippen LogP contribution in [-0.4, -0.2) is 39.7 Å². The van der Waals surface area contributed by atoms with Gasteiger partial charge in [0.2, 0.25) is 0 Å². The zero-order valence-corrected chi connectivity index (χ0v) is 11.1. The Hall–Kier alpha value is -1.75. The normalized spacial score (nSPS) is 21.0. The number of hydrogen-bond acceptors (Lipinski definition) is 3. The van der Waals surface area contributed by atoms with Crippen molar-refractivity contribution in [1.29, 1.82) is 0 Å². The first kappa shape index (κ1) is 12.3. The molecule has 0 spiro atoms. The van der Waals surface area contributed by atoms with Crippen molar-refractivity contribution in [1.82, 2.24) is 14.5 Å². The van der Waals surface area contributed by atoms with E-state index in [0.717, 1.165) is 25.0 Å². The Bertz CT molecular complexity index is 644. The molecule has 2 aromatic rings. The number of benzene rings is 1.